The maximum Gasteiger partial charge on any atom is 0.343 e. The van der Waals surface area contributed by atoms with Crippen LogP contribution < -0.4 is 5.63 Å². The van der Waals surface area contributed by atoms with Crippen molar-refractivity contribution in [3.63, 3.8) is 0 Å². The van der Waals surface area contributed by atoms with Gasteiger partial charge in [-0.3, -0.25) is 4.79 Å². The van der Waals surface area contributed by atoms with Crippen LogP contribution in [0.25, 0.3) is 11.0 Å². The number of hydrogen-bond acceptors (Lipinski definition) is 4. The van der Waals surface area contributed by atoms with E-state index in [1.165, 1.54) is 51.4 Å². The Hall–Kier alpha value is -1.84. The standard InChI is InChI=1S/C19H36O2.C7H4O2/c1-5-7-8-10-17-11-13-18(14-12-17)15(3)16(4)21-19(20)9-6-2;8-7-5-1-3-6(9-7)4-2-5/h15-18H,5-14H2,1-4H3;1-4H. The largest absolute Gasteiger partial charge is 0.462 e. The number of fused-ring (bicyclic) bond motifs is 3. The molecule has 1 aliphatic carbocycles. The van der Waals surface area contributed by atoms with Crippen molar-refractivity contribution in [1.29, 1.82) is 0 Å². The van der Waals surface area contributed by atoms with Gasteiger partial charge in [0.15, 0.2) is 0 Å². The molecule has 1 aromatic carbocycles. The Morgan fingerprint density at radius 3 is 2.17 bits per heavy atom. The van der Waals surface area contributed by atoms with E-state index in [9.17, 15) is 9.59 Å². The Morgan fingerprint density at radius 1 is 1.03 bits per heavy atom. The lowest BCUT2D eigenvalue weighted by Gasteiger charge is -2.34. The third-order valence-corrected chi connectivity index (χ3v) is 6.66. The lowest BCUT2D eigenvalue weighted by atomic mass is 9.73. The Morgan fingerprint density at radius 2 is 1.70 bits per heavy atom. The third kappa shape index (κ3) is 7.77. The molecular formula is C26H40O4. The number of unbranched alkanes of at least 4 members (excludes halogenated alkanes) is 2. The monoisotopic (exact) mass is 416 g/mol. The molecule has 0 spiro atoms. The van der Waals surface area contributed by atoms with E-state index in [0.717, 1.165) is 18.3 Å². The summed E-state index contributed by atoms with van der Waals surface area (Å²) < 4.78 is 10.3. The van der Waals surface area contributed by atoms with E-state index in [-0.39, 0.29) is 17.7 Å². The molecule has 2 atom stereocenters. The number of rotatable bonds is 9. The Kier molecular flexibility index (Phi) is 10.4. The fourth-order valence-corrected chi connectivity index (χ4v) is 4.47. The highest BCUT2D eigenvalue weighted by Gasteiger charge is 2.29. The normalized spacial score (nSPS) is 20.9. The first kappa shape index (κ1) is 24.4. The molecule has 2 unspecified atom stereocenters. The van der Waals surface area contributed by atoms with E-state index in [4.69, 9.17) is 9.15 Å². The molecule has 0 aliphatic heterocycles. The van der Waals surface area contributed by atoms with Gasteiger partial charge in [0.2, 0.25) is 0 Å². The zero-order valence-electron chi connectivity index (χ0n) is 19.3. The van der Waals surface area contributed by atoms with E-state index in [0.29, 0.717) is 23.3 Å². The van der Waals surface area contributed by atoms with Crippen LogP contribution in [-0.4, -0.2) is 12.1 Å². The number of benzene rings is 1. The van der Waals surface area contributed by atoms with E-state index < -0.39 is 0 Å². The van der Waals surface area contributed by atoms with Crippen molar-refractivity contribution in [2.45, 2.75) is 98.0 Å². The number of carbonyl (C=O) groups excluding carboxylic acids is 1. The Bertz CT molecular complexity index is 752. The molecule has 0 saturated heterocycles. The summed E-state index contributed by atoms with van der Waals surface area (Å²) in [5.41, 5.74) is 0.394. The number of carbonyl (C=O) groups is 1. The van der Waals surface area contributed by atoms with Crippen molar-refractivity contribution in [2.75, 3.05) is 0 Å². The fourth-order valence-electron chi connectivity index (χ4n) is 4.47. The van der Waals surface area contributed by atoms with Crippen LogP contribution >= 0.6 is 0 Å². The summed E-state index contributed by atoms with van der Waals surface area (Å²) in [5, 5.41) is 0.630. The zero-order valence-corrected chi connectivity index (χ0v) is 19.3. The third-order valence-electron chi connectivity index (χ3n) is 6.66. The molecule has 2 aromatic heterocycles. The van der Waals surface area contributed by atoms with Crippen LogP contribution in [0.2, 0.25) is 0 Å². The molecule has 2 bridgehead atoms. The summed E-state index contributed by atoms with van der Waals surface area (Å²) in [6.07, 6.45) is 12.5. The second kappa shape index (κ2) is 12.8. The number of ether oxygens (including phenoxy) is 1. The van der Waals surface area contributed by atoms with Crippen LogP contribution in [0.4, 0.5) is 0 Å². The summed E-state index contributed by atoms with van der Waals surface area (Å²) in [5.74, 6) is 2.18. The molecule has 1 aliphatic rings. The van der Waals surface area contributed by atoms with Gasteiger partial charge in [-0.2, -0.15) is 0 Å². The van der Waals surface area contributed by atoms with Gasteiger partial charge in [0.1, 0.15) is 11.7 Å². The lowest BCUT2D eigenvalue weighted by molar-refractivity contribution is -0.151. The predicted octanol–water partition coefficient (Wildman–Crippen LogP) is 6.97. The molecule has 168 valence electrons. The molecule has 1 saturated carbocycles. The molecule has 4 heteroatoms. The maximum atomic E-state index is 11.6. The second-order valence-electron chi connectivity index (χ2n) is 8.99. The smallest absolute Gasteiger partial charge is 0.343 e. The molecule has 4 nitrogen and oxygen atoms in total. The van der Waals surface area contributed by atoms with Gasteiger partial charge in [0.25, 0.3) is 0 Å². The Balaban J connectivity index is 0.000000290. The first-order valence-electron chi connectivity index (χ1n) is 12.0. The fraction of sp³-hybridized carbons (Fsp3) is 0.692. The maximum absolute atomic E-state index is 11.6. The van der Waals surface area contributed by atoms with Gasteiger partial charge in [-0.25, -0.2) is 4.79 Å². The van der Waals surface area contributed by atoms with Crippen LogP contribution in [-0.2, 0) is 9.53 Å². The van der Waals surface area contributed by atoms with Gasteiger partial charge >= 0.3 is 11.6 Å². The van der Waals surface area contributed by atoms with Crippen molar-refractivity contribution < 1.29 is 13.9 Å². The van der Waals surface area contributed by atoms with E-state index in [2.05, 4.69) is 20.8 Å². The van der Waals surface area contributed by atoms with Crippen LogP contribution in [0.3, 0.4) is 0 Å². The quantitative estimate of drug-likeness (QED) is 0.327. The predicted molar refractivity (Wildman–Crippen MR) is 123 cm³/mol. The molecule has 3 aromatic rings. The molecule has 1 fully saturated rings. The van der Waals surface area contributed by atoms with Crippen LogP contribution in [0.5, 0.6) is 0 Å². The van der Waals surface area contributed by atoms with E-state index >= 15 is 0 Å². The first-order valence-corrected chi connectivity index (χ1v) is 12.0. The van der Waals surface area contributed by atoms with Crippen LogP contribution in [0, 0.1) is 17.8 Å². The number of esters is 1. The van der Waals surface area contributed by atoms with E-state index in [1.54, 1.807) is 24.3 Å². The van der Waals surface area contributed by atoms with Crippen molar-refractivity contribution in [1.82, 2.24) is 0 Å². The van der Waals surface area contributed by atoms with Crippen molar-refractivity contribution in [2.24, 2.45) is 17.8 Å². The summed E-state index contributed by atoms with van der Waals surface area (Å²) in [6.45, 7) is 8.65. The summed E-state index contributed by atoms with van der Waals surface area (Å²) in [6, 6.07) is 7.05. The molecule has 30 heavy (non-hydrogen) atoms. The highest BCUT2D eigenvalue weighted by Crippen LogP contribution is 2.37. The highest BCUT2D eigenvalue weighted by molar-refractivity contribution is 5.69. The SMILES string of the molecule is CCCCCC1CCC(C(C)C(C)OC(=O)CCC)CC1.O=c1oc2ccc1cc2. The minimum atomic E-state index is -0.241. The van der Waals surface area contributed by atoms with Crippen molar-refractivity contribution in [3.05, 3.63) is 34.7 Å². The van der Waals surface area contributed by atoms with Gasteiger partial charge in [-0.05, 0) is 68.2 Å². The molecule has 0 amide bonds. The van der Waals surface area contributed by atoms with Crippen LogP contribution in [0.1, 0.15) is 91.9 Å². The summed E-state index contributed by atoms with van der Waals surface area (Å²) in [4.78, 5) is 22.3. The zero-order chi connectivity index (χ0) is 21.9. The minimum Gasteiger partial charge on any atom is -0.462 e. The average molecular weight is 417 g/mol. The number of hydrogen-bond donors (Lipinski definition) is 0. The molecule has 0 N–H and O–H groups in total. The van der Waals surface area contributed by atoms with Gasteiger partial charge in [0.05, 0.1) is 5.39 Å². The summed E-state index contributed by atoms with van der Waals surface area (Å²) in [7, 11) is 0. The van der Waals surface area contributed by atoms with Crippen molar-refractivity contribution in [3.8, 4) is 0 Å². The van der Waals surface area contributed by atoms with Gasteiger partial charge in [0, 0.05) is 6.42 Å². The van der Waals surface area contributed by atoms with E-state index in [1.807, 2.05) is 6.92 Å². The Labute approximate surface area is 181 Å². The van der Waals surface area contributed by atoms with Gasteiger partial charge in [-0.15, -0.1) is 0 Å². The topological polar surface area (TPSA) is 56.5 Å². The first-order chi connectivity index (χ1) is 14.4. The highest BCUT2D eigenvalue weighted by atomic mass is 16.5. The molecule has 4 rings (SSSR count). The van der Waals surface area contributed by atoms with Crippen molar-refractivity contribution >= 4 is 16.9 Å². The van der Waals surface area contributed by atoms with Gasteiger partial charge in [-0.1, -0.05) is 59.3 Å². The average Bonchev–Trinajstić information content (AvgIpc) is 2.75. The minimum absolute atomic E-state index is 0.0231. The van der Waals surface area contributed by atoms with Crippen LogP contribution in [0.15, 0.2) is 33.5 Å². The molecule has 2 heterocycles. The molecular weight excluding hydrogens is 376 g/mol. The summed E-state index contributed by atoms with van der Waals surface area (Å²) >= 11 is 0. The lowest BCUT2D eigenvalue weighted by Crippen LogP contribution is -2.30. The van der Waals surface area contributed by atoms with Gasteiger partial charge < -0.3 is 9.15 Å². The molecule has 0 radical (unpaired) electrons. The second-order valence-corrected chi connectivity index (χ2v) is 8.99.